The molecular weight excluding hydrogens is 344 g/mol. The van der Waals surface area contributed by atoms with Crippen LogP contribution in [0.2, 0.25) is 0 Å². The van der Waals surface area contributed by atoms with Crippen LogP contribution in [0.3, 0.4) is 0 Å². The molecule has 0 amide bonds. The summed E-state index contributed by atoms with van der Waals surface area (Å²) in [7, 11) is 0. The van der Waals surface area contributed by atoms with Crippen molar-refractivity contribution in [2.75, 3.05) is 39.5 Å². The van der Waals surface area contributed by atoms with Crippen molar-refractivity contribution in [3.63, 3.8) is 0 Å². The average Bonchev–Trinajstić information content (AvgIpc) is 2.97. The molecule has 27 heavy (non-hydrogen) atoms. The second-order valence-electron chi connectivity index (χ2n) is 7.20. The van der Waals surface area contributed by atoms with Gasteiger partial charge in [-0.15, -0.1) is 0 Å². The highest BCUT2D eigenvalue weighted by atomic mass is 16.6. The molecule has 1 saturated heterocycles. The Hall–Kier alpha value is -2.31. The Bertz CT molecular complexity index is 824. The third kappa shape index (κ3) is 3.87. The number of aromatic nitrogens is 1. The second-order valence-corrected chi connectivity index (χ2v) is 7.20. The lowest BCUT2D eigenvalue weighted by atomic mass is 10.1. The van der Waals surface area contributed by atoms with Crippen molar-refractivity contribution in [3.05, 3.63) is 47.3 Å². The maximum Gasteiger partial charge on any atom is 0.178 e. The van der Waals surface area contributed by atoms with Gasteiger partial charge in [0, 0.05) is 30.0 Å². The van der Waals surface area contributed by atoms with Crippen LogP contribution in [-0.2, 0) is 11.3 Å². The summed E-state index contributed by atoms with van der Waals surface area (Å²) in [6.07, 6.45) is -0.0769. The standard InChI is InChI=1S/C21H26N2O4/c1-15-11-18(19(24)13-22-7-9-25-10-8-22)16(2)23(15)12-17-14-26-20-5-3-4-6-21(20)27-17/h3-6,11,17H,7-10,12-14H2,1-2H3/t17-/m0/s1. The number of benzene rings is 1. The van der Waals surface area contributed by atoms with E-state index in [0.717, 1.165) is 41.5 Å². The number of nitrogens with zero attached hydrogens (tertiary/aromatic N) is 2. The first-order chi connectivity index (χ1) is 13.1. The van der Waals surface area contributed by atoms with Gasteiger partial charge in [-0.25, -0.2) is 0 Å². The summed E-state index contributed by atoms with van der Waals surface area (Å²) in [4.78, 5) is 15.0. The molecule has 0 bridgehead atoms. The fourth-order valence-electron chi connectivity index (χ4n) is 3.77. The second kappa shape index (κ2) is 7.74. The zero-order valence-corrected chi connectivity index (χ0v) is 15.9. The van der Waals surface area contributed by atoms with Gasteiger partial charge in [0.15, 0.2) is 23.4 Å². The quantitative estimate of drug-likeness (QED) is 0.757. The number of Topliss-reactive ketones (excluding diaryl/α,β-unsaturated/α-hetero) is 1. The molecule has 1 fully saturated rings. The Morgan fingerprint density at radius 1 is 1.15 bits per heavy atom. The fraction of sp³-hybridized carbons (Fsp3) is 0.476. The van der Waals surface area contributed by atoms with Crippen molar-refractivity contribution < 1.29 is 19.0 Å². The third-order valence-corrected chi connectivity index (χ3v) is 5.30. The number of para-hydroxylation sites is 2. The predicted molar refractivity (Wildman–Crippen MR) is 102 cm³/mol. The first-order valence-electron chi connectivity index (χ1n) is 9.50. The Morgan fingerprint density at radius 3 is 2.67 bits per heavy atom. The topological polar surface area (TPSA) is 52.9 Å². The largest absolute Gasteiger partial charge is 0.486 e. The number of aryl methyl sites for hydroxylation is 1. The maximum atomic E-state index is 12.8. The molecule has 0 unspecified atom stereocenters. The van der Waals surface area contributed by atoms with Crippen LogP contribution in [0.5, 0.6) is 11.5 Å². The van der Waals surface area contributed by atoms with Crippen LogP contribution in [-0.4, -0.2) is 60.8 Å². The summed E-state index contributed by atoms with van der Waals surface area (Å²) in [6.45, 7) is 8.70. The van der Waals surface area contributed by atoms with Crippen molar-refractivity contribution in [2.24, 2.45) is 0 Å². The van der Waals surface area contributed by atoms with E-state index in [2.05, 4.69) is 9.47 Å². The molecule has 1 atom stereocenters. The fourth-order valence-corrected chi connectivity index (χ4v) is 3.77. The summed E-state index contributed by atoms with van der Waals surface area (Å²) >= 11 is 0. The predicted octanol–water partition coefficient (Wildman–Crippen LogP) is 2.46. The van der Waals surface area contributed by atoms with Crippen molar-refractivity contribution in [1.29, 1.82) is 0 Å². The number of carbonyl (C=O) groups is 1. The lowest BCUT2D eigenvalue weighted by Gasteiger charge is -2.27. The molecule has 6 nitrogen and oxygen atoms in total. The van der Waals surface area contributed by atoms with Gasteiger partial charge in [0.2, 0.25) is 0 Å². The monoisotopic (exact) mass is 370 g/mol. The number of ketones is 1. The van der Waals surface area contributed by atoms with Crippen molar-refractivity contribution in [2.45, 2.75) is 26.5 Å². The van der Waals surface area contributed by atoms with E-state index < -0.39 is 0 Å². The SMILES string of the molecule is Cc1cc(C(=O)CN2CCOCC2)c(C)n1C[C@H]1COc2ccccc2O1. The van der Waals surface area contributed by atoms with Crippen molar-refractivity contribution >= 4 is 5.78 Å². The normalized spacial score (nSPS) is 19.9. The van der Waals surface area contributed by atoms with Gasteiger partial charge < -0.3 is 18.8 Å². The highest BCUT2D eigenvalue weighted by Gasteiger charge is 2.24. The van der Waals surface area contributed by atoms with Gasteiger partial charge in [-0.3, -0.25) is 9.69 Å². The van der Waals surface area contributed by atoms with E-state index in [9.17, 15) is 4.79 Å². The number of carbonyl (C=O) groups excluding carboxylic acids is 1. The number of ether oxygens (including phenoxy) is 3. The number of fused-ring (bicyclic) bond motifs is 1. The third-order valence-electron chi connectivity index (χ3n) is 5.30. The molecule has 2 aliphatic heterocycles. The first-order valence-corrected chi connectivity index (χ1v) is 9.50. The first kappa shape index (κ1) is 18.1. The summed E-state index contributed by atoms with van der Waals surface area (Å²) in [5.74, 6) is 1.73. The number of hydrogen-bond donors (Lipinski definition) is 0. The zero-order chi connectivity index (χ0) is 18.8. The van der Waals surface area contributed by atoms with Gasteiger partial charge in [-0.2, -0.15) is 0 Å². The van der Waals surface area contributed by atoms with Crippen LogP contribution in [0.15, 0.2) is 30.3 Å². The Balaban J connectivity index is 1.45. The van der Waals surface area contributed by atoms with E-state index in [-0.39, 0.29) is 11.9 Å². The average molecular weight is 370 g/mol. The van der Waals surface area contributed by atoms with Gasteiger partial charge in [0.1, 0.15) is 6.61 Å². The summed E-state index contributed by atoms with van der Waals surface area (Å²) < 4.78 is 19.4. The zero-order valence-electron chi connectivity index (χ0n) is 15.9. The van der Waals surface area contributed by atoms with Crippen LogP contribution in [0.4, 0.5) is 0 Å². The van der Waals surface area contributed by atoms with Gasteiger partial charge in [-0.05, 0) is 32.0 Å². The molecule has 2 aromatic rings. The van der Waals surface area contributed by atoms with Gasteiger partial charge >= 0.3 is 0 Å². The molecular formula is C21H26N2O4. The summed E-state index contributed by atoms with van der Waals surface area (Å²) in [6, 6.07) is 9.72. The molecule has 0 spiro atoms. The smallest absolute Gasteiger partial charge is 0.178 e. The molecule has 0 aliphatic carbocycles. The van der Waals surface area contributed by atoms with E-state index in [4.69, 9.17) is 14.2 Å². The number of rotatable bonds is 5. The van der Waals surface area contributed by atoms with E-state index in [1.54, 1.807) is 0 Å². The highest BCUT2D eigenvalue weighted by Crippen LogP contribution is 2.31. The summed E-state index contributed by atoms with van der Waals surface area (Å²) in [5.41, 5.74) is 2.87. The summed E-state index contributed by atoms with van der Waals surface area (Å²) in [5, 5.41) is 0. The minimum absolute atomic E-state index is 0.0769. The van der Waals surface area contributed by atoms with E-state index in [0.29, 0.717) is 32.9 Å². The lowest BCUT2D eigenvalue weighted by molar-refractivity contribution is 0.0371. The Labute approximate surface area is 159 Å². The molecule has 0 saturated carbocycles. The molecule has 2 aliphatic rings. The van der Waals surface area contributed by atoms with Crippen LogP contribution in [0.25, 0.3) is 0 Å². The van der Waals surface area contributed by atoms with E-state index in [1.807, 2.05) is 44.2 Å². The van der Waals surface area contributed by atoms with E-state index >= 15 is 0 Å². The molecule has 1 aromatic heterocycles. The highest BCUT2D eigenvalue weighted by molar-refractivity contribution is 5.99. The van der Waals surface area contributed by atoms with E-state index in [1.165, 1.54) is 0 Å². The maximum absolute atomic E-state index is 12.8. The molecule has 0 radical (unpaired) electrons. The lowest BCUT2D eigenvalue weighted by Crippen LogP contribution is -2.39. The van der Waals surface area contributed by atoms with Crippen LogP contribution >= 0.6 is 0 Å². The van der Waals surface area contributed by atoms with Gasteiger partial charge in [0.05, 0.1) is 26.3 Å². The van der Waals surface area contributed by atoms with Gasteiger partial charge in [-0.1, -0.05) is 12.1 Å². The number of morpholine rings is 1. The molecule has 3 heterocycles. The number of hydrogen-bond acceptors (Lipinski definition) is 5. The molecule has 0 N–H and O–H groups in total. The molecule has 1 aromatic carbocycles. The van der Waals surface area contributed by atoms with Crippen molar-refractivity contribution in [1.82, 2.24) is 9.47 Å². The Morgan fingerprint density at radius 2 is 1.89 bits per heavy atom. The molecule has 144 valence electrons. The van der Waals surface area contributed by atoms with Crippen LogP contribution in [0.1, 0.15) is 21.7 Å². The van der Waals surface area contributed by atoms with Crippen molar-refractivity contribution in [3.8, 4) is 11.5 Å². The molecule has 6 heteroatoms. The van der Waals surface area contributed by atoms with Crippen LogP contribution < -0.4 is 9.47 Å². The minimum Gasteiger partial charge on any atom is -0.486 e. The van der Waals surface area contributed by atoms with Gasteiger partial charge in [0.25, 0.3) is 0 Å². The molecule has 4 rings (SSSR count). The van der Waals surface area contributed by atoms with Crippen LogP contribution in [0, 0.1) is 13.8 Å². The minimum atomic E-state index is -0.0769. The Kier molecular flexibility index (Phi) is 5.18.